The third-order valence-electron chi connectivity index (χ3n) is 4.30. The molecule has 0 aromatic heterocycles. The molecule has 0 radical (unpaired) electrons. The van der Waals surface area contributed by atoms with Crippen molar-refractivity contribution in [2.24, 2.45) is 11.3 Å². The van der Waals surface area contributed by atoms with Crippen molar-refractivity contribution in [2.45, 2.75) is 46.5 Å². The van der Waals surface area contributed by atoms with E-state index in [9.17, 15) is 0 Å². The van der Waals surface area contributed by atoms with Gasteiger partial charge in [0.1, 0.15) is 0 Å². The SMILES string of the molecule is CCC1(CC)CCN(CC(C)CS)CC1. The molecule has 0 saturated carbocycles. The van der Waals surface area contributed by atoms with Crippen LogP contribution in [0, 0.1) is 11.3 Å². The zero-order valence-corrected chi connectivity index (χ0v) is 11.5. The maximum atomic E-state index is 4.36. The van der Waals surface area contributed by atoms with Crippen LogP contribution in [-0.2, 0) is 0 Å². The number of hydrogen-bond donors (Lipinski definition) is 1. The summed E-state index contributed by atoms with van der Waals surface area (Å²) < 4.78 is 0. The molecule has 0 amide bonds. The van der Waals surface area contributed by atoms with Gasteiger partial charge in [-0.1, -0.05) is 33.6 Å². The Bertz CT molecular complexity index is 167. The molecule has 1 aliphatic heterocycles. The number of likely N-dealkylation sites (tertiary alicyclic amines) is 1. The molecular formula is C13H27NS. The third kappa shape index (κ3) is 3.67. The van der Waals surface area contributed by atoms with E-state index in [1.54, 1.807) is 0 Å². The molecule has 1 saturated heterocycles. The summed E-state index contributed by atoms with van der Waals surface area (Å²) in [5.41, 5.74) is 0.667. The molecule has 0 aromatic rings. The van der Waals surface area contributed by atoms with Crippen LogP contribution in [0.25, 0.3) is 0 Å². The summed E-state index contributed by atoms with van der Waals surface area (Å²) in [6, 6.07) is 0. The monoisotopic (exact) mass is 229 g/mol. The minimum absolute atomic E-state index is 0.667. The molecular weight excluding hydrogens is 202 g/mol. The van der Waals surface area contributed by atoms with Gasteiger partial charge in [0.2, 0.25) is 0 Å². The Labute approximate surface area is 101 Å². The molecule has 0 bridgehead atoms. The molecule has 1 fully saturated rings. The fourth-order valence-electron chi connectivity index (χ4n) is 2.67. The van der Waals surface area contributed by atoms with Crippen molar-refractivity contribution in [3.05, 3.63) is 0 Å². The lowest BCUT2D eigenvalue weighted by atomic mass is 9.74. The molecule has 1 heterocycles. The van der Waals surface area contributed by atoms with Gasteiger partial charge in [0, 0.05) is 6.54 Å². The molecule has 2 heteroatoms. The number of hydrogen-bond acceptors (Lipinski definition) is 2. The van der Waals surface area contributed by atoms with E-state index in [0.29, 0.717) is 5.41 Å². The highest BCUT2D eigenvalue weighted by atomic mass is 32.1. The first-order valence-corrected chi connectivity index (χ1v) is 7.12. The lowest BCUT2D eigenvalue weighted by Gasteiger charge is -2.41. The van der Waals surface area contributed by atoms with Crippen LogP contribution in [0.4, 0.5) is 0 Å². The van der Waals surface area contributed by atoms with Crippen molar-refractivity contribution in [3.63, 3.8) is 0 Å². The largest absolute Gasteiger partial charge is 0.303 e. The average Bonchev–Trinajstić information content (AvgIpc) is 2.30. The van der Waals surface area contributed by atoms with Gasteiger partial charge in [0.15, 0.2) is 0 Å². The second kappa shape index (κ2) is 6.15. The normalized spacial score (nSPS) is 24.0. The summed E-state index contributed by atoms with van der Waals surface area (Å²) in [5, 5.41) is 0. The molecule has 1 atom stereocenters. The summed E-state index contributed by atoms with van der Waals surface area (Å²) in [6.07, 6.45) is 5.53. The number of piperidine rings is 1. The van der Waals surface area contributed by atoms with Gasteiger partial charge in [-0.2, -0.15) is 12.6 Å². The molecule has 0 aliphatic carbocycles. The van der Waals surface area contributed by atoms with Gasteiger partial charge >= 0.3 is 0 Å². The van der Waals surface area contributed by atoms with Crippen molar-refractivity contribution in [1.29, 1.82) is 0 Å². The Morgan fingerprint density at radius 2 is 1.73 bits per heavy atom. The quantitative estimate of drug-likeness (QED) is 0.707. The first-order valence-electron chi connectivity index (χ1n) is 6.49. The number of rotatable bonds is 5. The number of thiol groups is 1. The van der Waals surface area contributed by atoms with Gasteiger partial charge in [-0.05, 0) is 43.0 Å². The third-order valence-corrected chi connectivity index (χ3v) is 4.92. The highest BCUT2D eigenvalue weighted by Crippen LogP contribution is 2.37. The van der Waals surface area contributed by atoms with Gasteiger partial charge in [0.05, 0.1) is 0 Å². The summed E-state index contributed by atoms with van der Waals surface area (Å²) >= 11 is 4.36. The highest BCUT2D eigenvalue weighted by Gasteiger charge is 2.31. The van der Waals surface area contributed by atoms with Crippen molar-refractivity contribution in [2.75, 3.05) is 25.4 Å². The Morgan fingerprint density at radius 1 is 1.20 bits per heavy atom. The predicted molar refractivity (Wildman–Crippen MR) is 71.7 cm³/mol. The molecule has 0 spiro atoms. The van der Waals surface area contributed by atoms with Gasteiger partial charge in [0.25, 0.3) is 0 Å². The van der Waals surface area contributed by atoms with Crippen LogP contribution >= 0.6 is 12.6 Å². The standard InChI is InChI=1S/C13H27NS/c1-4-13(5-2)6-8-14(9-7-13)10-12(3)11-15/h12,15H,4-11H2,1-3H3. The lowest BCUT2D eigenvalue weighted by Crippen LogP contribution is -2.41. The Balaban J connectivity index is 2.35. The van der Waals surface area contributed by atoms with E-state index < -0.39 is 0 Å². The second-order valence-electron chi connectivity index (χ2n) is 5.30. The maximum Gasteiger partial charge on any atom is 0.00148 e. The van der Waals surface area contributed by atoms with E-state index in [2.05, 4.69) is 38.3 Å². The molecule has 1 rings (SSSR count). The molecule has 0 aromatic carbocycles. The second-order valence-corrected chi connectivity index (χ2v) is 5.66. The predicted octanol–water partition coefficient (Wildman–Crippen LogP) is 3.45. The minimum atomic E-state index is 0.667. The van der Waals surface area contributed by atoms with Gasteiger partial charge in [-0.3, -0.25) is 0 Å². The van der Waals surface area contributed by atoms with Crippen LogP contribution in [-0.4, -0.2) is 30.3 Å². The van der Waals surface area contributed by atoms with E-state index in [4.69, 9.17) is 0 Å². The van der Waals surface area contributed by atoms with E-state index in [1.807, 2.05) is 0 Å². The van der Waals surface area contributed by atoms with E-state index in [0.717, 1.165) is 11.7 Å². The van der Waals surface area contributed by atoms with Crippen molar-refractivity contribution in [1.82, 2.24) is 4.90 Å². The topological polar surface area (TPSA) is 3.24 Å². The summed E-state index contributed by atoms with van der Waals surface area (Å²) in [6.45, 7) is 10.9. The molecule has 1 unspecified atom stereocenters. The summed E-state index contributed by atoms with van der Waals surface area (Å²) in [4.78, 5) is 2.63. The van der Waals surface area contributed by atoms with Crippen molar-refractivity contribution >= 4 is 12.6 Å². The number of nitrogens with zero attached hydrogens (tertiary/aromatic N) is 1. The van der Waals surface area contributed by atoms with Gasteiger partial charge < -0.3 is 4.90 Å². The van der Waals surface area contributed by atoms with Gasteiger partial charge in [-0.25, -0.2) is 0 Å². The zero-order valence-electron chi connectivity index (χ0n) is 10.6. The average molecular weight is 229 g/mol. The minimum Gasteiger partial charge on any atom is -0.303 e. The van der Waals surface area contributed by atoms with Crippen LogP contribution in [0.2, 0.25) is 0 Å². The fraction of sp³-hybridized carbons (Fsp3) is 1.00. The van der Waals surface area contributed by atoms with Crippen molar-refractivity contribution in [3.8, 4) is 0 Å². The molecule has 1 aliphatic rings. The summed E-state index contributed by atoms with van der Waals surface area (Å²) in [7, 11) is 0. The lowest BCUT2D eigenvalue weighted by molar-refractivity contribution is 0.0883. The van der Waals surface area contributed by atoms with Crippen LogP contribution in [0.5, 0.6) is 0 Å². The highest BCUT2D eigenvalue weighted by molar-refractivity contribution is 7.80. The molecule has 15 heavy (non-hydrogen) atoms. The van der Waals surface area contributed by atoms with E-state index in [1.165, 1.54) is 45.3 Å². The zero-order chi connectivity index (χ0) is 11.3. The first kappa shape index (κ1) is 13.4. The van der Waals surface area contributed by atoms with Crippen LogP contribution < -0.4 is 0 Å². The van der Waals surface area contributed by atoms with Crippen molar-refractivity contribution < 1.29 is 0 Å². The maximum absolute atomic E-state index is 4.36. The smallest absolute Gasteiger partial charge is 0.00148 e. The van der Waals surface area contributed by atoms with Crippen LogP contribution in [0.15, 0.2) is 0 Å². The summed E-state index contributed by atoms with van der Waals surface area (Å²) in [5.74, 6) is 1.76. The van der Waals surface area contributed by atoms with Crippen LogP contribution in [0.3, 0.4) is 0 Å². The van der Waals surface area contributed by atoms with Gasteiger partial charge in [-0.15, -0.1) is 0 Å². The molecule has 0 N–H and O–H groups in total. The van der Waals surface area contributed by atoms with E-state index in [-0.39, 0.29) is 0 Å². The van der Waals surface area contributed by atoms with Crippen LogP contribution in [0.1, 0.15) is 46.5 Å². The fourth-order valence-corrected chi connectivity index (χ4v) is 2.78. The van der Waals surface area contributed by atoms with E-state index >= 15 is 0 Å². The Hall–Kier alpha value is 0.310. The Morgan fingerprint density at radius 3 is 2.13 bits per heavy atom. The molecule has 90 valence electrons. The first-order chi connectivity index (χ1) is 7.15. The Kier molecular flexibility index (Phi) is 5.48. The molecule has 1 nitrogen and oxygen atoms in total.